The summed E-state index contributed by atoms with van der Waals surface area (Å²) in [5.74, 6) is -4.46. The minimum Gasteiger partial charge on any atom is -0.479 e. The summed E-state index contributed by atoms with van der Waals surface area (Å²) in [4.78, 5) is 36.4. The first-order valence-corrected chi connectivity index (χ1v) is 11.3. The van der Waals surface area contributed by atoms with Gasteiger partial charge in [0.1, 0.15) is 6.61 Å². The topological polar surface area (TPSA) is 105 Å². The molecule has 10 heteroatoms. The van der Waals surface area contributed by atoms with Crippen molar-refractivity contribution in [1.82, 2.24) is 10.6 Å². The molecule has 3 atom stereocenters. The van der Waals surface area contributed by atoms with Gasteiger partial charge in [0, 0.05) is 12.0 Å². The molecule has 2 amide bonds. The van der Waals surface area contributed by atoms with Crippen molar-refractivity contribution in [1.29, 1.82) is 0 Å². The van der Waals surface area contributed by atoms with Crippen molar-refractivity contribution in [3.63, 3.8) is 0 Å². The standard InChI is InChI=1S/C25H25F3N2O5/c1-24(22(32)33,25(26,27)28)30-21(31)18-11-6-12-20(18)29-23(34)35-13-19-16-9-4-2-7-14(16)15-8-3-5-10-17(15)19/h2-5,7-10,18-20H,6,11-13H2,1H3,(H,29,34)(H,30,31)(H,32,33)/t18-,20+,24?/m1/s1. The van der Waals surface area contributed by atoms with E-state index in [9.17, 15) is 27.6 Å². The molecular weight excluding hydrogens is 465 g/mol. The first-order valence-electron chi connectivity index (χ1n) is 11.3. The minimum atomic E-state index is -5.19. The predicted molar refractivity (Wildman–Crippen MR) is 120 cm³/mol. The molecule has 1 fully saturated rings. The molecule has 2 aliphatic carbocycles. The number of amides is 2. The number of carboxylic acid groups (broad SMARTS) is 1. The third-order valence-electron chi connectivity index (χ3n) is 6.87. The molecule has 0 heterocycles. The molecule has 35 heavy (non-hydrogen) atoms. The molecule has 3 N–H and O–H groups in total. The number of halogens is 3. The Kier molecular flexibility index (Phi) is 6.48. The van der Waals surface area contributed by atoms with Crippen LogP contribution in [0.15, 0.2) is 48.5 Å². The number of fused-ring (bicyclic) bond motifs is 3. The number of carbonyl (C=O) groups is 3. The molecule has 2 aliphatic rings. The maximum atomic E-state index is 13.3. The summed E-state index contributed by atoms with van der Waals surface area (Å²) in [7, 11) is 0. The second-order valence-corrected chi connectivity index (χ2v) is 9.03. The molecule has 0 bridgehead atoms. The molecule has 186 valence electrons. The lowest BCUT2D eigenvalue weighted by Crippen LogP contribution is -2.63. The molecule has 4 rings (SSSR count). The fourth-order valence-electron chi connectivity index (χ4n) is 4.82. The van der Waals surface area contributed by atoms with E-state index in [1.54, 1.807) is 5.32 Å². The van der Waals surface area contributed by atoms with E-state index >= 15 is 0 Å². The highest BCUT2D eigenvalue weighted by atomic mass is 19.4. The van der Waals surface area contributed by atoms with Gasteiger partial charge in [0.15, 0.2) is 0 Å². The van der Waals surface area contributed by atoms with Crippen LogP contribution in [0, 0.1) is 5.92 Å². The fraction of sp³-hybridized carbons (Fsp3) is 0.400. The van der Waals surface area contributed by atoms with Crippen LogP contribution in [0.5, 0.6) is 0 Å². The van der Waals surface area contributed by atoms with Crippen LogP contribution < -0.4 is 10.6 Å². The van der Waals surface area contributed by atoms with Crippen molar-refractivity contribution in [2.24, 2.45) is 5.92 Å². The van der Waals surface area contributed by atoms with E-state index in [0.29, 0.717) is 19.8 Å². The molecule has 0 aliphatic heterocycles. The maximum absolute atomic E-state index is 13.3. The summed E-state index contributed by atoms with van der Waals surface area (Å²) in [5, 5.41) is 13.3. The van der Waals surface area contributed by atoms with Crippen molar-refractivity contribution in [3.05, 3.63) is 59.7 Å². The number of benzene rings is 2. The van der Waals surface area contributed by atoms with E-state index in [4.69, 9.17) is 9.84 Å². The minimum absolute atomic E-state index is 0.0502. The van der Waals surface area contributed by atoms with E-state index in [1.165, 1.54) is 0 Å². The Labute approximate surface area is 199 Å². The third kappa shape index (κ3) is 4.56. The van der Waals surface area contributed by atoms with Crippen LogP contribution in [0.3, 0.4) is 0 Å². The predicted octanol–water partition coefficient (Wildman–Crippen LogP) is 4.22. The van der Waals surface area contributed by atoms with Crippen LogP contribution in [-0.4, -0.2) is 47.4 Å². The number of hydrogen-bond donors (Lipinski definition) is 3. The van der Waals surface area contributed by atoms with Crippen LogP contribution in [0.4, 0.5) is 18.0 Å². The number of rotatable bonds is 6. The Morgan fingerprint density at radius 2 is 1.57 bits per heavy atom. The quantitative estimate of drug-likeness (QED) is 0.563. The number of nitrogens with one attached hydrogen (secondary N) is 2. The van der Waals surface area contributed by atoms with Crippen molar-refractivity contribution in [2.75, 3.05) is 6.61 Å². The maximum Gasteiger partial charge on any atom is 0.422 e. The Balaban J connectivity index is 1.40. The van der Waals surface area contributed by atoms with Gasteiger partial charge in [0.2, 0.25) is 11.4 Å². The second kappa shape index (κ2) is 9.24. The number of carboxylic acids is 1. The number of ether oxygens (including phenoxy) is 1. The number of carbonyl (C=O) groups excluding carboxylic acids is 2. The van der Waals surface area contributed by atoms with Crippen LogP contribution >= 0.6 is 0 Å². The first kappa shape index (κ1) is 24.6. The van der Waals surface area contributed by atoms with Gasteiger partial charge in [-0.15, -0.1) is 0 Å². The van der Waals surface area contributed by atoms with Gasteiger partial charge in [0.05, 0.1) is 5.92 Å². The molecule has 2 aromatic rings. The van der Waals surface area contributed by atoms with E-state index in [0.717, 1.165) is 22.3 Å². The highest BCUT2D eigenvalue weighted by Gasteiger charge is 2.59. The fourth-order valence-corrected chi connectivity index (χ4v) is 4.82. The van der Waals surface area contributed by atoms with Gasteiger partial charge in [-0.3, -0.25) is 4.79 Å². The second-order valence-electron chi connectivity index (χ2n) is 9.03. The lowest BCUT2D eigenvalue weighted by atomic mass is 9.97. The Morgan fingerprint density at radius 3 is 2.11 bits per heavy atom. The third-order valence-corrected chi connectivity index (χ3v) is 6.87. The molecule has 7 nitrogen and oxygen atoms in total. The summed E-state index contributed by atoms with van der Waals surface area (Å²) < 4.78 is 45.3. The molecule has 1 unspecified atom stereocenters. The van der Waals surface area contributed by atoms with Gasteiger partial charge in [-0.1, -0.05) is 55.0 Å². The highest BCUT2D eigenvalue weighted by Crippen LogP contribution is 2.44. The van der Waals surface area contributed by atoms with E-state index in [2.05, 4.69) is 5.32 Å². The van der Waals surface area contributed by atoms with Gasteiger partial charge >= 0.3 is 18.2 Å². The summed E-state index contributed by atoms with van der Waals surface area (Å²) in [6.45, 7) is 0.449. The highest BCUT2D eigenvalue weighted by molar-refractivity contribution is 5.89. The van der Waals surface area contributed by atoms with E-state index < -0.39 is 41.6 Å². The summed E-state index contributed by atoms with van der Waals surface area (Å²) >= 11 is 0. The first-order chi connectivity index (χ1) is 16.5. The number of alkyl carbamates (subject to hydrolysis) is 1. The number of aliphatic carboxylic acids is 1. The number of alkyl halides is 3. The van der Waals surface area contributed by atoms with Gasteiger partial charge in [-0.2, -0.15) is 13.2 Å². The zero-order chi connectivity index (χ0) is 25.4. The van der Waals surface area contributed by atoms with Crippen molar-refractivity contribution in [2.45, 2.75) is 49.9 Å². The van der Waals surface area contributed by atoms with Gasteiger partial charge in [-0.25, -0.2) is 9.59 Å². The lowest BCUT2D eigenvalue weighted by molar-refractivity contribution is -0.207. The molecule has 0 spiro atoms. The molecule has 0 saturated heterocycles. The zero-order valence-electron chi connectivity index (χ0n) is 18.9. The average Bonchev–Trinajstić information content (AvgIpc) is 3.39. The SMILES string of the molecule is CC(NC(=O)[C@@H]1CCC[C@@H]1NC(=O)OCC1c2ccccc2-c2ccccc21)(C(=O)O)C(F)(F)F. The molecule has 0 aromatic heterocycles. The molecule has 1 saturated carbocycles. The van der Waals surface area contributed by atoms with Crippen molar-refractivity contribution in [3.8, 4) is 11.1 Å². The summed E-state index contributed by atoms with van der Waals surface area (Å²) in [6, 6.07) is 14.9. The largest absolute Gasteiger partial charge is 0.479 e. The Bertz CT molecular complexity index is 1110. The smallest absolute Gasteiger partial charge is 0.422 e. The van der Waals surface area contributed by atoms with E-state index in [-0.39, 0.29) is 18.9 Å². The Morgan fingerprint density at radius 1 is 1.00 bits per heavy atom. The van der Waals surface area contributed by atoms with Crippen LogP contribution in [0.2, 0.25) is 0 Å². The molecular formula is C25H25F3N2O5. The van der Waals surface area contributed by atoms with E-state index in [1.807, 2.05) is 48.5 Å². The molecule has 2 aromatic carbocycles. The number of hydrogen-bond acceptors (Lipinski definition) is 4. The van der Waals surface area contributed by atoms with Crippen LogP contribution in [0.25, 0.3) is 11.1 Å². The normalized spacial score (nSPS) is 20.9. The van der Waals surface area contributed by atoms with Gasteiger partial charge in [-0.05, 0) is 42.0 Å². The van der Waals surface area contributed by atoms with Crippen LogP contribution in [-0.2, 0) is 14.3 Å². The zero-order valence-corrected chi connectivity index (χ0v) is 18.9. The monoisotopic (exact) mass is 490 g/mol. The lowest BCUT2D eigenvalue weighted by Gasteiger charge is -2.31. The average molecular weight is 490 g/mol. The summed E-state index contributed by atoms with van der Waals surface area (Å²) in [6.07, 6.45) is -4.91. The summed E-state index contributed by atoms with van der Waals surface area (Å²) in [5.41, 5.74) is 0.757. The Hall–Kier alpha value is -3.56. The van der Waals surface area contributed by atoms with Crippen LogP contribution in [0.1, 0.15) is 43.2 Å². The van der Waals surface area contributed by atoms with Crippen molar-refractivity contribution < 1.29 is 37.4 Å². The molecule has 0 radical (unpaired) electrons. The van der Waals surface area contributed by atoms with Gasteiger partial charge < -0.3 is 20.5 Å². The van der Waals surface area contributed by atoms with Gasteiger partial charge in [0.25, 0.3) is 0 Å². The van der Waals surface area contributed by atoms with Crippen molar-refractivity contribution >= 4 is 18.0 Å².